The van der Waals surface area contributed by atoms with Crippen molar-refractivity contribution in [2.24, 2.45) is 7.05 Å². The molecule has 2 aromatic rings. The second kappa shape index (κ2) is 4.79. The topological polar surface area (TPSA) is 46.5 Å². The minimum Gasteiger partial charge on any atom is -0.307 e. The van der Waals surface area contributed by atoms with E-state index in [1.165, 1.54) is 0 Å². The minimum absolute atomic E-state index is 0.283. The summed E-state index contributed by atoms with van der Waals surface area (Å²) in [4.78, 5) is 3.93. The highest BCUT2D eigenvalue weighted by Gasteiger charge is 2.50. The van der Waals surface area contributed by atoms with Crippen molar-refractivity contribution in [1.82, 2.24) is 19.7 Å². The molecule has 1 aliphatic rings. The van der Waals surface area contributed by atoms with E-state index in [2.05, 4.69) is 15.2 Å². The van der Waals surface area contributed by atoms with Gasteiger partial charge in [-0.15, -0.1) is 0 Å². The molecule has 0 unspecified atom stereocenters. The molecule has 0 aliphatic heterocycles. The predicted molar refractivity (Wildman–Crippen MR) is 77.6 cm³/mol. The van der Waals surface area contributed by atoms with Crippen molar-refractivity contribution in [1.29, 1.82) is 0 Å². The third kappa shape index (κ3) is 2.06. The molecule has 0 atom stereocenters. The summed E-state index contributed by atoms with van der Waals surface area (Å²) in [5.74, 6) is 0.690. The van der Waals surface area contributed by atoms with Crippen LogP contribution in [-0.4, -0.2) is 25.9 Å². The first kappa shape index (κ1) is 14.0. The van der Waals surface area contributed by atoms with E-state index in [0.29, 0.717) is 23.4 Å². The van der Waals surface area contributed by atoms with Crippen LogP contribution < -0.4 is 0 Å². The third-order valence-electron chi connectivity index (χ3n) is 3.76. The van der Waals surface area contributed by atoms with E-state index in [0.717, 1.165) is 5.56 Å². The number of pyridine rings is 1. The average molecular weight is 333 g/mol. The van der Waals surface area contributed by atoms with Crippen molar-refractivity contribution in [2.75, 3.05) is 0 Å². The molecule has 0 amide bonds. The smallest absolute Gasteiger partial charge is 0.194 e. The quantitative estimate of drug-likeness (QED) is 0.675. The number of nitrogens with zero attached hydrogens (tertiary/aromatic N) is 3. The fourth-order valence-corrected chi connectivity index (χ4v) is 3.35. The van der Waals surface area contributed by atoms with Crippen LogP contribution in [0, 0.1) is 4.77 Å². The summed E-state index contributed by atoms with van der Waals surface area (Å²) >= 11 is 17.1. The Kier molecular flexibility index (Phi) is 3.35. The number of aromatic nitrogens is 4. The fourth-order valence-electron chi connectivity index (χ4n) is 2.76. The van der Waals surface area contributed by atoms with Crippen molar-refractivity contribution in [3.05, 3.63) is 38.6 Å². The monoisotopic (exact) mass is 332 g/mol. The Labute approximate surface area is 129 Å². The van der Waals surface area contributed by atoms with E-state index in [4.69, 9.17) is 35.4 Å². The fraction of sp³-hybridized carbons (Fsp3) is 0.417. The Bertz CT molecular complexity index is 700. The van der Waals surface area contributed by atoms with Crippen molar-refractivity contribution >= 4 is 35.4 Å². The maximum absolute atomic E-state index is 13.6. The maximum atomic E-state index is 13.6. The molecule has 1 saturated carbocycles. The first-order valence-corrected chi connectivity index (χ1v) is 7.18. The SMILES string of the molecule is Cn1c(C2(c3cc(Cl)nc(Cl)c3)CC(F)C2)n[nH]c1=S. The summed E-state index contributed by atoms with van der Waals surface area (Å²) in [7, 11) is 1.80. The lowest BCUT2D eigenvalue weighted by molar-refractivity contribution is 0.114. The molecule has 1 N–H and O–H groups in total. The Morgan fingerprint density at radius 3 is 2.45 bits per heavy atom. The number of alkyl halides is 1. The first-order valence-electron chi connectivity index (χ1n) is 6.02. The van der Waals surface area contributed by atoms with E-state index >= 15 is 0 Å². The molecule has 0 bridgehead atoms. The molecule has 0 spiro atoms. The summed E-state index contributed by atoms with van der Waals surface area (Å²) in [5.41, 5.74) is 0.256. The number of aromatic amines is 1. The van der Waals surface area contributed by atoms with Gasteiger partial charge in [0.15, 0.2) is 4.77 Å². The Morgan fingerprint density at radius 1 is 1.40 bits per heavy atom. The zero-order chi connectivity index (χ0) is 14.5. The second-order valence-electron chi connectivity index (χ2n) is 5.00. The van der Waals surface area contributed by atoms with Gasteiger partial charge in [-0.3, -0.25) is 5.10 Å². The van der Waals surface area contributed by atoms with Crippen molar-refractivity contribution in [3.63, 3.8) is 0 Å². The molecule has 0 saturated heterocycles. The lowest BCUT2D eigenvalue weighted by atomic mass is 9.63. The molecule has 2 heterocycles. The van der Waals surface area contributed by atoms with E-state index in [9.17, 15) is 4.39 Å². The Balaban J connectivity index is 2.18. The largest absolute Gasteiger partial charge is 0.307 e. The first-order chi connectivity index (χ1) is 9.42. The highest BCUT2D eigenvalue weighted by atomic mass is 35.5. The number of rotatable bonds is 2. The molecule has 0 aromatic carbocycles. The molecule has 20 heavy (non-hydrogen) atoms. The van der Waals surface area contributed by atoms with E-state index in [-0.39, 0.29) is 10.3 Å². The zero-order valence-corrected chi connectivity index (χ0v) is 12.9. The molecular formula is C12H11Cl2FN4S. The highest BCUT2D eigenvalue weighted by Crippen LogP contribution is 2.50. The van der Waals surface area contributed by atoms with Crippen molar-refractivity contribution in [3.8, 4) is 0 Å². The number of hydrogen-bond donors (Lipinski definition) is 1. The molecule has 1 aliphatic carbocycles. The van der Waals surface area contributed by atoms with Gasteiger partial charge in [0.1, 0.15) is 22.3 Å². The minimum atomic E-state index is -0.869. The van der Waals surface area contributed by atoms with Gasteiger partial charge in [0.2, 0.25) is 0 Å². The number of hydrogen-bond acceptors (Lipinski definition) is 3. The molecular weight excluding hydrogens is 322 g/mol. The van der Waals surface area contributed by atoms with Crippen LogP contribution >= 0.6 is 35.4 Å². The number of nitrogens with one attached hydrogen (secondary N) is 1. The predicted octanol–water partition coefficient (Wildman–Crippen LogP) is 3.60. The van der Waals surface area contributed by atoms with E-state index < -0.39 is 11.6 Å². The average Bonchev–Trinajstić information content (AvgIpc) is 2.65. The van der Waals surface area contributed by atoms with Crippen LogP contribution in [0.3, 0.4) is 0 Å². The second-order valence-corrected chi connectivity index (χ2v) is 6.16. The third-order valence-corrected chi connectivity index (χ3v) is 4.52. The normalized spacial score (nSPS) is 25.5. The van der Waals surface area contributed by atoms with Crippen molar-refractivity contribution in [2.45, 2.75) is 24.4 Å². The van der Waals surface area contributed by atoms with Crippen LogP contribution in [0.4, 0.5) is 4.39 Å². The number of halogens is 3. The van der Waals surface area contributed by atoms with Crippen molar-refractivity contribution < 1.29 is 4.39 Å². The van der Waals surface area contributed by atoms with Crippen LogP contribution in [0.1, 0.15) is 24.2 Å². The molecule has 8 heteroatoms. The molecule has 106 valence electrons. The summed E-state index contributed by atoms with van der Waals surface area (Å²) < 4.78 is 15.8. The van der Waals surface area contributed by atoms with Gasteiger partial charge in [-0.05, 0) is 42.8 Å². The lowest BCUT2D eigenvalue weighted by Crippen LogP contribution is -2.45. The summed E-state index contributed by atoms with van der Waals surface area (Å²) in [6, 6.07) is 3.41. The van der Waals surface area contributed by atoms with Gasteiger partial charge in [-0.25, -0.2) is 9.37 Å². The molecule has 3 rings (SSSR count). The lowest BCUT2D eigenvalue weighted by Gasteiger charge is -2.43. The zero-order valence-electron chi connectivity index (χ0n) is 10.5. The van der Waals surface area contributed by atoms with Gasteiger partial charge in [0.05, 0.1) is 5.41 Å². The summed E-state index contributed by atoms with van der Waals surface area (Å²) in [6.45, 7) is 0. The molecule has 4 nitrogen and oxygen atoms in total. The van der Waals surface area contributed by atoms with Crippen LogP contribution in [0.5, 0.6) is 0 Å². The highest BCUT2D eigenvalue weighted by molar-refractivity contribution is 7.71. The van der Waals surface area contributed by atoms with Gasteiger partial charge in [0.25, 0.3) is 0 Å². The number of H-pyrrole nitrogens is 1. The maximum Gasteiger partial charge on any atom is 0.194 e. The van der Waals surface area contributed by atoms with Crippen LogP contribution in [0.2, 0.25) is 10.3 Å². The van der Waals surface area contributed by atoms with Crippen LogP contribution in [-0.2, 0) is 12.5 Å². The van der Waals surface area contributed by atoms with E-state index in [1.807, 2.05) is 0 Å². The summed E-state index contributed by atoms with van der Waals surface area (Å²) in [6.07, 6.45) is -0.208. The summed E-state index contributed by atoms with van der Waals surface area (Å²) in [5, 5.41) is 7.56. The van der Waals surface area contributed by atoms with Gasteiger partial charge in [0, 0.05) is 7.05 Å². The standard InChI is InChI=1S/C12H11Cl2FN4S/c1-19-10(17-18-11(19)20)12(4-7(15)5-12)6-2-8(13)16-9(14)3-6/h2-3,7H,4-5H2,1H3,(H,18,20). The van der Waals surface area contributed by atoms with Gasteiger partial charge < -0.3 is 4.57 Å². The van der Waals surface area contributed by atoms with Gasteiger partial charge in [-0.2, -0.15) is 5.10 Å². The molecule has 1 fully saturated rings. The Morgan fingerprint density at radius 2 is 2.00 bits per heavy atom. The molecule has 0 radical (unpaired) electrons. The van der Waals surface area contributed by atoms with Crippen LogP contribution in [0.25, 0.3) is 0 Å². The molecule has 2 aromatic heterocycles. The van der Waals surface area contributed by atoms with Gasteiger partial charge >= 0.3 is 0 Å². The Hall–Kier alpha value is -0.980. The van der Waals surface area contributed by atoms with E-state index in [1.54, 1.807) is 23.7 Å². The van der Waals surface area contributed by atoms with Crippen LogP contribution in [0.15, 0.2) is 12.1 Å². The van der Waals surface area contributed by atoms with Gasteiger partial charge in [-0.1, -0.05) is 23.2 Å².